The fourth-order valence-electron chi connectivity index (χ4n) is 1.82. The van der Waals surface area contributed by atoms with Gasteiger partial charge in [-0.15, -0.1) is 0 Å². The van der Waals surface area contributed by atoms with Crippen molar-refractivity contribution in [3.8, 4) is 0 Å². The highest BCUT2D eigenvalue weighted by molar-refractivity contribution is 7.91. The summed E-state index contributed by atoms with van der Waals surface area (Å²) in [5.41, 5.74) is 0.0343. The van der Waals surface area contributed by atoms with E-state index in [-0.39, 0.29) is 18.7 Å². The van der Waals surface area contributed by atoms with Gasteiger partial charge in [-0.3, -0.25) is 9.59 Å². The van der Waals surface area contributed by atoms with Crippen molar-refractivity contribution >= 4 is 21.7 Å². The molecule has 2 aromatic rings. The Morgan fingerprint density at radius 2 is 1.76 bits per heavy atom. The fourth-order valence-corrected chi connectivity index (χ4v) is 2.54. The standard InChI is InChI=1S/C15H14F2N2O5S/c16-15(17)25(22,23)12-5-3-10(4-6-12)14(21)19-9-13(20)18-8-11-2-1-7-24-11/h1-7,15H,8-9H2,(H,18,20)(H,19,21). The third-order valence-corrected chi connectivity index (χ3v) is 4.53. The number of amides is 2. The first-order chi connectivity index (χ1) is 11.8. The molecule has 1 heterocycles. The van der Waals surface area contributed by atoms with E-state index in [1.165, 1.54) is 6.26 Å². The molecule has 0 unspecified atom stereocenters. The fraction of sp³-hybridized carbons (Fsp3) is 0.200. The van der Waals surface area contributed by atoms with Gasteiger partial charge in [-0.05, 0) is 36.4 Å². The molecule has 0 spiro atoms. The van der Waals surface area contributed by atoms with Gasteiger partial charge in [-0.2, -0.15) is 8.78 Å². The number of hydrogen-bond donors (Lipinski definition) is 2. The molecule has 2 N–H and O–H groups in total. The maximum atomic E-state index is 12.4. The van der Waals surface area contributed by atoms with Gasteiger partial charge in [0.15, 0.2) is 0 Å². The Morgan fingerprint density at radius 3 is 2.32 bits per heavy atom. The van der Waals surface area contributed by atoms with Crippen LogP contribution in [0.15, 0.2) is 52.0 Å². The summed E-state index contributed by atoms with van der Waals surface area (Å²) in [7, 11) is -4.71. The summed E-state index contributed by atoms with van der Waals surface area (Å²) in [5, 5.41) is 4.85. The van der Waals surface area contributed by atoms with E-state index in [4.69, 9.17) is 4.42 Å². The monoisotopic (exact) mass is 372 g/mol. The lowest BCUT2D eigenvalue weighted by Gasteiger charge is -2.07. The molecule has 0 radical (unpaired) electrons. The molecule has 0 atom stereocenters. The molecular weight excluding hydrogens is 358 g/mol. The number of sulfone groups is 1. The summed E-state index contributed by atoms with van der Waals surface area (Å²) in [6, 6.07) is 7.34. The van der Waals surface area contributed by atoms with Crippen LogP contribution in [0, 0.1) is 0 Å². The van der Waals surface area contributed by atoms with Crippen LogP contribution in [0.2, 0.25) is 0 Å². The first kappa shape index (κ1) is 18.6. The zero-order valence-electron chi connectivity index (χ0n) is 12.7. The molecule has 0 aliphatic rings. The zero-order valence-corrected chi connectivity index (χ0v) is 13.6. The predicted molar refractivity (Wildman–Crippen MR) is 82.5 cm³/mol. The van der Waals surface area contributed by atoms with Crippen molar-refractivity contribution in [2.75, 3.05) is 6.54 Å². The smallest absolute Gasteiger partial charge is 0.341 e. The molecule has 0 saturated carbocycles. The van der Waals surface area contributed by atoms with E-state index in [1.54, 1.807) is 12.1 Å². The zero-order chi connectivity index (χ0) is 18.4. The molecule has 0 saturated heterocycles. The summed E-state index contributed by atoms with van der Waals surface area (Å²) >= 11 is 0. The van der Waals surface area contributed by atoms with Crippen molar-refractivity contribution in [2.45, 2.75) is 17.2 Å². The molecule has 25 heavy (non-hydrogen) atoms. The van der Waals surface area contributed by atoms with E-state index in [1.807, 2.05) is 0 Å². The van der Waals surface area contributed by atoms with Crippen molar-refractivity contribution < 1.29 is 31.2 Å². The molecule has 2 amide bonds. The first-order valence-corrected chi connectivity index (χ1v) is 8.54. The molecule has 0 fully saturated rings. The number of nitrogens with one attached hydrogen (secondary N) is 2. The van der Waals surface area contributed by atoms with E-state index >= 15 is 0 Å². The average Bonchev–Trinajstić information content (AvgIpc) is 3.11. The Hall–Kier alpha value is -2.75. The Morgan fingerprint density at radius 1 is 1.08 bits per heavy atom. The molecule has 0 aliphatic heterocycles. The summed E-state index contributed by atoms with van der Waals surface area (Å²) in [5.74, 6) is -4.09. The topological polar surface area (TPSA) is 105 Å². The van der Waals surface area contributed by atoms with Gasteiger partial charge in [-0.1, -0.05) is 0 Å². The highest BCUT2D eigenvalue weighted by Gasteiger charge is 2.26. The summed E-state index contributed by atoms with van der Waals surface area (Å²) in [6.07, 6.45) is 1.46. The lowest BCUT2D eigenvalue weighted by molar-refractivity contribution is -0.120. The van der Waals surface area contributed by atoms with E-state index in [9.17, 15) is 26.8 Å². The molecule has 1 aromatic carbocycles. The van der Waals surface area contributed by atoms with Crippen molar-refractivity contribution in [3.05, 3.63) is 54.0 Å². The third kappa shape index (κ3) is 4.86. The van der Waals surface area contributed by atoms with Gasteiger partial charge >= 0.3 is 5.76 Å². The largest absolute Gasteiger partial charge is 0.467 e. The number of carbonyl (C=O) groups is 2. The SMILES string of the molecule is O=C(CNC(=O)c1ccc(S(=O)(=O)C(F)F)cc1)NCc1ccco1. The predicted octanol–water partition coefficient (Wildman–Crippen LogP) is 1.32. The normalized spacial score (nSPS) is 11.3. The van der Waals surface area contributed by atoms with Crippen LogP contribution in [-0.4, -0.2) is 32.5 Å². The molecule has 1 aromatic heterocycles. The third-order valence-electron chi connectivity index (χ3n) is 3.13. The second kappa shape index (κ2) is 7.88. The van der Waals surface area contributed by atoms with Crippen LogP contribution in [0.4, 0.5) is 8.78 Å². The van der Waals surface area contributed by atoms with Crippen LogP contribution in [0.5, 0.6) is 0 Å². The molecular formula is C15H14F2N2O5S. The average molecular weight is 372 g/mol. The number of hydrogen-bond acceptors (Lipinski definition) is 5. The molecule has 2 rings (SSSR count). The Balaban J connectivity index is 1.87. The maximum absolute atomic E-state index is 12.4. The maximum Gasteiger partial charge on any atom is 0.341 e. The van der Waals surface area contributed by atoms with Gasteiger partial charge in [0.05, 0.1) is 24.2 Å². The number of benzene rings is 1. The van der Waals surface area contributed by atoms with Gasteiger partial charge in [-0.25, -0.2) is 8.42 Å². The Bertz CT molecular complexity index is 833. The van der Waals surface area contributed by atoms with E-state index in [2.05, 4.69) is 10.6 Å². The number of alkyl halides is 2. The minimum Gasteiger partial charge on any atom is -0.467 e. The van der Waals surface area contributed by atoms with Gasteiger partial charge in [0, 0.05) is 5.56 Å². The molecule has 0 aliphatic carbocycles. The molecule has 134 valence electrons. The van der Waals surface area contributed by atoms with E-state index in [0.29, 0.717) is 5.76 Å². The number of carbonyl (C=O) groups excluding carboxylic acids is 2. The van der Waals surface area contributed by atoms with E-state index < -0.39 is 32.3 Å². The van der Waals surface area contributed by atoms with Gasteiger partial charge < -0.3 is 15.1 Å². The lowest BCUT2D eigenvalue weighted by Crippen LogP contribution is -2.36. The Kier molecular flexibility index (Phi) is 5.86. The summed E-state index contributed by atoms with van der Waals surface area (Å²) in [4.78, 5) is 22.9. The van der Waals surface area contributed by atoms with Crippen LogP contribution in [0.25, 0.3) is 0 Å². The minimum absolute atomic E-state index is 0.0343. The number of furan rings is 1. The Labute approximate surface area is 141 Å². The van der Waals surface area contributed by atoms with Crippen LogP contribution >= 0.6 is 0 Å². The number of rotatable bonds is 7. The molecule has 7 nitrogen and oxygen atoms in total. The second-order valence-electron chi connectivity index (χ2n) is 4.87. The highest BCUT2D eigenvalue weighted by Crippen LogP contribution is 2.18. The van der Waals surface area contributed by atoms with Crippen LogP contribution < -0.4 is 10.6 Å². The van der Waals surface area contributed by atoms with Crippen LogP contribution in [0.1, 0.15) is 16.1 Å². The van der Waals surface area contributed by atoms with Crippen LogP contribution in [0.3, 0.4) is 0 Å². The van der Waals surface area contributed by atoms with Gasteiger partial charge in [0.2, 0.25) is 15.7 Å². The van der Waals surface area contributed by atoms with Gasteiger partial charge in [0.1, 0.15) is 5.76 Å². The van der Waals surface area contributed by atoms with Crippen LogP contribution in [-0.2, 0) is 21.2 Å². The summed E-state index contributed by atoms with van der Waals surface area (Å²) in [6.45, 7) is -0.140. The van der Waals surface area contributed by atoms with Crippen molar-refractivity contribution in [1.29, 1.82) is 0 Å². The number of halogens is 2. The van der Waals surface area contributed by atoms with Crippen molar-refractivity contribution in [3.63, 3.8) is 0 Å². The summed E-state index contributed by atoms with van der Waals surface area (Å²) < 4.78 is 52.4. The lowest BCUT2D eigenvalue weighted by atomic mass is 10.2. The second-order valence-corrected chi connectivity index (χ2v) is 6.79. The van der Waals surface area contributed by atoms with Crippen molar-refractivity contribution in [1.82, 2.24) is 10.6 Å². The quantitative estimate of drug-likeness (QED) is 0.763. The first-order valence-electron chi connectivity index (χ1n) is 7.00. The van der Waals surface area contributed by atoms with Gasteiger partial charge in [0.25, 0.3) is 5.91 Å². The van der Waals surface area contributed by atoms with E-state index in [0.717, 1.165) is 24.3 Å². The minimum atomic E-state index is -4.71. The highest BCUT2D eigenvalue weighted by atomic mass is 32.2. The molecule has 0 bridgehead atoms. The van der Waals surface area contributed by atoms with Crippen molar-refractivity contribution in [2.24, 2.45) is 0 Å². The molecule has 10 heteroatoms.